The maximum atomic E-state index is 11.6. The molecule has 2 rings (SSSR count). The Kier molecular flexibility index (Phi) is 3.34. The number of nitrogens with two attached hydrogens (primary N) is 1. The Morgan fingerprint density at radius 1 is 1.65 bits per heavy atom. The number of aromatic nitrogens is 2. The molecule has 1 aromatic rings. The van der Waals surface area contributed by atoms with Gasteiger partial charge in [0.15, 0.2) is 6.23 Å². The Hall–Kier alpha value is -1.15. The van der Waals surface area contributed by atoms with Crippen molar-refractivity contribution in [2.24, 2.45) is 0 Å². The minimum atomic E-state index is -1.05. The van der Waals surface area contributed by atoms with Crippen LogP contribution in [-0.2, 0) is 4.74 Å². The summed E-state index contributed by atoms with van der Waals surface area (Å²) in [6.07, 6.45) is -1.34. The first-order chi connectivity index (χ1) is 8.04. The molecule has 94 valence electrons. The lowest BCUT2D eigenvalue weighted by Crippen LogP contribution is -2.32. The Morgan fingerprint density at radius 2 is 2.35 bits per heavy atom. The Bertz CT molecular complexity index is 466. The summed E-state index contributed by atoms with van der Waals surface area (Å²) in [5.74, 6) is 0.0922. The number of nitrogens with zero attached hydrogens (tertiary/aromatic N) is 2. The van der Waals surface area contributed by atoms with Crippen LogP contribution in [0.2, 0.25) is 0 Å². The van der Waals surface area contributed by atoms with E-state index in [9.17, 15) is 9.90 Å². The highest BCUT2D eigenvalue weighted by Gasteiger charge is 2.43. The maximum Gasteiger partial charge on any atom is 0.351 e. The van der Waals surface area contributed by atoms with Crippen LogP contribution in [0, 0.1) is 0 Å². The Balaban J connectivity index is 2.32. The molecule has 2 heterocycles. The summed E-state index contributed by atoms with van der Waals surface area (Å²) >= 11 is 5.94. The van der Waals surface area contributed by atoms with Gasteiger partial charge in [-0.3, -0.25) is 4.57 Å². The normalized spacial score (nSPS) is 32.9. The molecular formula is C9H12ClN3O4. The van der Waals surface area contributed by atoms with Crippen molar-refractivity contribution in [1.82, 2.24) is 9.55 Å². The van der Waals surface area contributed by atoms with Crippen molar-refractivity contribution >= 4 is 17.4 Å². The van der Waals surface area contributed by atoms with Crippen molar-refractivity contribution in [2.45, 2.75) is 23.8 Å². The standard InChI is InChI=1S/C9H12ClN3O4/c10-6-7(15)4(3-14)17-8(6)13-2-1-5(11)12-9(13)16/h1-2,4,6-8,14-15H,3H2,(H2,11,12,16)/t4-,6-,7+,8-/m1/s1. The topological polar surface area (TPSA) is 111 Å². The number of hydrogen-bond donors (Lipinski definition) is 3. The molecule has 0 bridgehead atoms. The second kappa shape index (κ2) is 4.61. The second-order valence-corrected chi connectivity index (χ2v) is 4.23. The van der Waals surface area contributed by atoms with Gasteiger partial charge in [0.1, 0.15) is 23.4 Å². The van der Waals surface area contributed by atoms with E-state index in [-0.39, 0.29) is 12.4 Å². The minimum Gasteiger partial charge on any atom is -0.394 e. The van der Waals surface area contributed by atoms with Crippen LogP contribution in [0.25, 0.3) is 0 Å². The van der Waals surface area contributed by atoms with Crippen LogP contribution in [0.15, 0.2) is 17.1 Å². The first kappa shape index (κ1) is 12.3. The van der Waals surface area contributed by atoms with E-state index in [2.05, 4.69) is 4.98 Å². The largest absolute Gasteiger partial charge is 0.394 e. The van der Waals surface area contributed by atoms with Gasteiger partial charge < -0.3 is 20.7 Å². The number of aliphatic hydroxyl groups excluding tert-OH is 2. The number of halogens is 1. The molecule has 0 aromatic carbocycles. The van der Waals surface area contributed by atoms with Gasteiger partial charge in [0.05, 0.1) is 6.61 Å². The summed E-state index contributed by atoms with van der Waals surface area (Å²) in [4.78, 5) is 15.1. The van der Waals surface area contributed by atoms with E-state index >= 15 is 0 Å². The number of hydrogen-bond acceptors (Lipinski definition) is 6. The third-order valence-electron chi connectivity index (χ3n) is 2.60. The van der Waals surface area contributed by atoms with Crippen LogP contribution in [-0.4, -0.2) is 44.0 Å². The molecule has 1 fully saturated rings. The third kappa shape index (κ3) is 2.14. The monoisotopic (exact) mass is 261 g/mol. The van der Waals surface area contributed by atoms with Gasteiger partial charge in [0.2, 0.25) is 0 Å². The maximum absolute atomic E-state index is 11.6. The highest BCUT2D eigenvalue weighted by Crippen LogP contribution is 2.32. The van der Waals surface area contributed by atoms with E-state index in [4.69, 9.17) is 27.2 Å². The zero-order chi connectivity index (χ0) is 12.6. The van der Waals surface area contributed by atoms with Gasteiger partial charge >= 0.3 is 5.69 Å². The van der Waals surface area contributed by atoms with Crippen molar-refractivity contribution in [3.8, 4) is 0 Å². The fourth-order valence-corrected chi connectivity index (χ4v) is 2.04. The molecule has 1 aliphatic rings. The van der Waals surface area contributed by atoms with Crippen molar-refractivity contribution in [1.29, 1.82) is 0 Å². The lowest BCUT2D eigenvalue weighted by molar-refractivity contribution is -0.0457. The van der Waals surface area contributed by atoms with Gasteiger partial charge in [0.25, 0.3) is 0 Å². The van der Waals surface area contributed by atoms with Crippen molar-refractivity contribution in [3.63, 3.8) is 0 Å². The van der Waals surface area contributed by atoms with Gasteiger partial charge in [-0.1, -0.05) is 0 Å². The van der Waals surface area contributed by atoms with Crippen molar-refractivity contribution in [3.05, 3.63) is 22.7 Å². The van der Waals surface area contributed by atoms with Crippen LogP contribution >= 0.6 is 11.6 Å². The fraction of sp³-hybridized carbons (Fsp3) is 0.556. The highest BCUT2D eigenvalue weighted by atomic mass is 35.5. The van der Waals surface area contributed by atoms with Crippen LogP contribution in [0.5, 0.6) is 0 Å². The first-order valence-corrected chi connectivity index (χ1v) is 5.41. The fourth-order valence-electron chi connectivity index (χ4n) is 1.70. The molecule has 0 unspecified atom stereocenters. The lowest BCUT2D eigenvalue weighted by atomic mass is 10.2. The number of nitrogen functional groups attached to an aromatic ring is 1. The summed E-state index contributed by atoms with van der Waals surface area (Å²) in [6, 6.07) is 1.42. The Morgan fingerprint density at radius 3 is 2.88 bits per heavy atom. The summed E-state index contributed by atoms with van der Waals surface area (Å²) < 4.78 is 6.42. The van der Waals surface area contributed by atoms with Gasteiger partial charge in [-0.25, -0.2) is 4.79 Å². The molecule has 0 saturated carbocycles. The van der Waals surface area contributed by atoms with Gasteiger partial charge in [-0.15, -0.1) is 11.6 Å². The van der Waals surface area contributed by atoms with Crippen LogP contribution in [0.1, 0.15) is 6.23 Å². The zero-order valence-electron chi connectivity index (χ0n) is 8.73. The molecule has 0 radical (unpaired) electrons. The molecule has 0 amide bonds. The third-order valence-corrected chi connectivity index (χ3v) is 3.07. The summed E-state index contributed by atoms with van der Waals surface area (Å²) in [6.45, 7) is -0.377. The molecule has 4 N–H and O–H groups in total. The van der Waals surface area contributed by atoms with Crippen LogP contribution in [0.3, 0.4) is 0 Å². The van der Waals surface area contributed by atoms with Crippen LogP contribution in [0.4, 0.5) is 5.82 Å². The summed E-state index contributed by atoms with van der Waals surface area (Å²) in [5.41, 5.74) is 4.73. The zero-order valence-corrected chi connectivity index (χ0v) is 9.49. The van der Waals surface area contributed by atoms with Crippen LogP contribution < -0.4 is 11.4 Å². The molecule has 0 spiro atoms. The highest BCUT2D eigenvalue weighted by molar-refractivity contribution is 6.21. The number of ether oxygens (including phenoxy) is 1. The van der Waals surface area contributed by atoms with E-state index < -0.39 is 29.5 Å². The quantitative estimate of drug-likeness (QED) is 0.570. The van der Waals surface area contributed by atoms with E-state index in [1.165, 1.54) is 12.3 Å². The van der Waals surface area contributed by atoms with E-state index in [1.54, 1.807) is 0 Å². The molecule has 4 atom stereocenters. The second-order valence-electron chi connectivity index (χ2n) is 3.72. The van der Waals surface area contributed by atoms with Crippen molar-refractivity contribution < 1.29 is 14.9 Å². The molecule has 1 saturated heterocycles. The molecule has 1 aliphatic heterocycles. The molecule has 8 heteroatoms. The minimum absolute atomic E-state index is 0.0922. The predicted octanol–water partition coefficient (Wildman–Crippen LogP) is -1.32. The summed E-state index contributed by atoms with van der Waals surface area (Å²) in [5, 5.41) is 17.8. The van der Waals surface area contributed by atoms with E-state index in [1.807, 2.05) is 0 Å². The average Bonchev–Trinajstić information content (AvgIpc) is 2.57. The predicted molar refractivity (Wildman–Crippen MR) is 59.6 cm³/mol. The SMILES string of the molecule is Nc1ccn([C@@H]2O[C@H](CO)[C@H](O)[C@H]2Cl)c(=O)n1. The van der Waals surface area contributed by atoms with Gasteiger partial charge in [-0.2, -0.15) is 4.98 Å². The van der Waals surface area contributed by atoms with Gasteiger partial charge in [-0.05, 0) is 6.07 Å². The Labute approximate surface area is 101 Å². The first-order valence-electron chi connectivity index (χ1n) is 4.97. The molecule has 7 nitrogen and oxygen atoms in total. The number of rotatable bonds is 2. The van der Waals surface area contributed by atoms with E-state index in [0.717, 1.165) is 4.57 Å². The van der Waals surface area contributed by atoms with Gasteiger partial charge in [0, 0.05) is 6.20 Å². The molecule has 17 heavy (non-hydrogen) atoms. The van der Waals surface area contributed by atoms with E-state index in [0.29, 0.717) is 0 Å². The summed E-state index contributed by atoms with van der Waals surface area (Å²) in [7, 11) is 0. The smallest absolute Gasteiger partial charge is 0.351 e. The van der Waals surface area contributed by atoms with Crippen molar-refractivity contribution in [2.75, 3.05) is 12.3 Å². The molecular weight excluding hydrogens is 250 g/mol. The average molecular weight is 262 g/mol. The number of alkyl halides is 1. The molecule has 1 aromatic heterocycles. The lowest BCUT2D eigenvalue weighted by Gasteiger charge is -2.16. The number of aliphatic hydroxyl groups is 2. The number of anilines is 1. The molecule has 0 aliphatic carbocycles.